The van der Waals surface area contributed by atoms with Crippen molar-refractivity contribution in [2.24, 2.45) is 11.3 Å². The van der Waals surface area contributed by atoms with Gasteiger partial charge in [0.1, 0.15) is 17.7 Å². The lowest BCUT2D eigenvalue weighted by Gasteiger charge is -2.35. The standard InChI is InChI=1S/C25H46N2O5/c1-10-13-19(25(8,9)11-2)16-17(3)31-22(29)20-14-12-15-27(20)21(28)18(4)26-23(30)32-24(5,6)7/h17-20H,10-16H2,1-9H3,(H,26,30)/t17?,18-,19?,20?/m0/s1. The Balaban J connectivity index is 2.72. The summed E-state index contributed by atoms with van der Waals surface area (Å²) in [6.07, 6.45) is 4.55. The van der Waals surface area contributed by atoms with Gasteiger partial charge in [0.25, 0.3) is 0 Å². The van der Waals surface area contributed by atoms with Crippen molar-refractivity contribution in [3.05, 3.63) is 0 Å². The summed E-state index contributed by atoms with van der Waals surface area (Å²) < 4.78 is 11.0. The lowest BCUT2D eigenvalue weighted by atomic mass is 9.72. The molecular formula is C25H46N2O5. The quantitative estimate of drug-likeness (QED) is 0.466. The van der Waals surface area contributed by atoms with Crippen LogP contribution in [0.3, 0.4) is 0 Å². The average Bonchev–Trinajstić information content (AvgIpc) is 3.15. The van der Waals surface area contributed by atoms with Gasteiger partial charge in [0.2, 0.25) is 5.91 Å². The van der Waals surface area contributed by atoms with E-state index in [2.05, 4.69) is 33.0 Å². The van der Waals surface area contributed by atoms with Crippen LogP contribution in [0.25, 0.3) is 0 Å². The number of esters is 1. The molecule has 0 saturated carbocycles. The minimum atomic E-state index is -0.782. The molecule has 1 N–H and O–H groups in total. The fourth-order valence-corrected chi connectivity index (χ4v) is 4.26. The van der Waals surface area contributed by atoms with Crippen LogP contribution in [0.2, 0.25) is 0 Å². The summed E-state index contributed by atoms with van der Waals surface area (Å²) in [5.41, 5.74) is -0.459. The van der Waals surface area contributed by atoms with Crippen LogP contribution >= 0.6 is 0 Å². The summed E-state index contributed by atoms with van der Waals surface area (Å²) >= 11 is 0. The number of alkyl carbamates (subject to hydrolysis) is 1. The molecule has 2 amide bonds. The summed E-state index contributed by atoms with van der Waals surface area (Å²) in [6, 6.07) is -1.38. The number of carbonyl (C=O) groups excluding carboxylic acids is 3. The molecule has 7 heteroatoms. The molecule has 0 aromatic rings. The highest BCUT2D eigenvalue weighted by Crippen LogP contribution is 2.37. The Labute approximate surface area is 195 Å². The van der Waals surface area contributed by atoms with Crippen molar-refractivity contribution < 1.29 is 23.9 Å². The van der Waals surface area contributed by atoms with Gasteiger partial charge in [0.15, 0.2) is 0 Å². The minimum absolute atomic E-state index is 0.189. The molecule has 32 heavy (non-hydrogen) atoms. The van der Waals surface area contributed by atoms with Crippen LogP contribution in [0.15, 0.2) is 0 Å². The Kier molecular flexibility index (Phi) is 10.5. The van der Waals surface area contributed by atoms with Crippen LogP contribution in [0, 0.1) is 11.3 Å². The molecule has 1 aliphatic rings. The number of ether oxygens (including phenoxy) is 2. The zero-order chi connectivity index (χ0) is 24.7. The minimum Gasteiger partial charge on any atom is -0.461 e. The SMILES string of the molecule is CCCC(CC(C)OC(=O)C1CCCN1C(=O)[C@H](C)NC(=O)OC(C)(C)C)C(C)(C)CC. The van der Waals surface area contributed by atoms with Gasteiger partial charge in [-0.1, -0.05) is 47.0 Å². The lowest BCUT2D eigenvalue weighted by molar-refractivity contribution is -0.158. The predicted molar refractivity (Wildman–Crippen MR) is 126 cm³/mol. The van der Waals surface area contributed by atoms with Crippen molar-refractivity contribution in [3.63, 3.8) is 0 Å². The topological polar surface area (TPSA) is 84.9 Å². The highest BCUT2D eigenvalue weighted by atomic mass is 16.6. The molecule has 1 fully saturated rings. The number of hydrogen-bond acceptors (Lipinski definition) is 5. The molecule has 1 rings (SSSR count). The summed E-state index contributed by atoms with van der Waals surface area (Å²) in [7, 11) is 0. The fourth-order valence-electron chi connectivity index (χ4n) is 4.26. The molecule has 3 unspecified atom stereocenters. The van der Waals surface area contributed by atoms with Gasteiger partial charge in [-0.05, 0) is 65.2 Å². The number of likely N-dealkylation sites (tertiary alicyclic amines) is 1. The highest BCUT2D eigenvalue weighted by Gasteiger charge is 2.38. The van der Waals surface area contributed by atoms with Gasteiger partial charge in [-0.2, -0.15) is 0 Å². The van der Waals surface area contributed by atoms with Gasteiger partial charge >= 0.3 is 12.1 Å². The molecule has 0 aliphatic carbocycles. The third-order valence-electron chi connectivity index (χ3n) is 6.50. The van der Waals surface area contributed by atoms with Gasteiger partial charge in [-0.3, -0.25) is 4.79 Å². The van der Waals surface area contributed by atoms with E-state index in [4.69, 9.17) is 9.47 Å². The van der Waals surface area contributed by atoms with E-state index in [1.165, 1.54) is 4.90 Å². The molecular weight excluding hydrogens is 408 g/mol. The average molecular weight is 455 g/mol. The number of carbonyl (C=O) groups is 3. The van der Waals surface area contributed by atoms with E-state index in [0.29, 0.717) is 18.9 Å². The number of nitrogens with zero attached hydrogens (tertiary/aromatic N) is 1. The molecule has 1 aliphatic heterocycles. The van der Waals surface area contributed by atoms with Gasteiger partial charge in [0, 0.05) is 6.54 Å². The smallest absolute Gasteiger partial charge is 0.408 e. The van der Waals surface area contributed by atoms with Crippen LogP contribution in [0.1, 0.15) is 101 Å². The van der Waals surface area contributed by atoms with Crippen molar-refractivity contribution in [2.75, 3.05) is 6.54 Å². The van der Waals surface area contributed by atoms with Crippen LogP contribution < -0.4 is 5.32 Å². The van der Waals surface area contributed by atoms with Gasteiger partial charge in [0.05, 0.1) is 6.10 Å². The fraction of sp³-hybridized carbons (Fsp3) is 0.880. The zero-order valence-electron chi connectivity index (χ0n) is 21.7. The van der Waals surface area contributed by atoms with E-state index in [9.17, 15) is 14.4 Å². The maximum atomic E-state index is 12.9. The molecule has 7 nitrogen and oxygen atoms in total. The first kappa shape index (κ1) is 28.2. The van der Waals surface area contributed by atoms with Gasteiger partial charge < -0.3 is 19.7 Å². The summed E-state index contributed by atoms with van der Waals surface area (Å²) in [5.74, 6) is -0.170. The van der Waals surface area contributed by atoms with Crippen molar-refractivity contribution >= 4 is 18.0 Å². The number of rotatable bonds is 10. The third-order valence-corrected chi connectivity index (χ3v) is 6.50. The largest absolute Gasteiger partial charge is 0.461 e. The molecule has 1 saturated heterocycles. The monoisotopic (exact) mass is 454 g/mol. The zero-order valence-corrected chi connectivity index (χ0v) is 21.7. The Morgan fingerprint density at radius 1 is 1.09 bits per heavy atom. The Morgan fingerprint density at radius 3 is 2.25 bits per heavy atom. The van der Waals surface area contributed by atoms with Crippen molar-refractivity contribution in [3.8, 4) is 0 Å². The Morgan fingerprint density at radius 2 is 1.72 bits per heavy atom. The van der Waals surface area contributed by atoms with E-state index in [1.807, 2.05) is 6.92 Å². The second-order valence-corrected chi connectivity index (χ2v) is 10.9. The van der Waals surface area contributed by atoms with E-state index in [0.717, 1.165) is 32.1 Å². The van der Waals surface area contributed by atoms with Gasteiger partial charge in [-0.25, -0.2) is 9.59 Å². The van der Waals surface area contributed by atoms with E-state index >= 15 is 0 Å². The molecule has 186 valence electrons. The summed E-state index contributed by atoms with van der Waals surface area (Å²) in [6.45, 7) is 18.3. The van der Waals surface area contributed by atoms with E-state index in [-0.39, 0.29) is 23.4 Å². The summed E-state index contributed by atoms with van der Waals surface area (Å²) in [5, 5.41) is 2.57. The third kappa shape index (κ3) is 8.62. The number of amides is 2. The lowest BCUT2D eigenvalue weighted by Crippen LogP contribution is -2.51. The number of nitrogens with one attached hydrogen (secondary N) is 1. The maximum absolute atomic E-state index is 12.9. The second kappa shape index (κ2) is 11.9. The van der Waals surface area contributed by atoms with E-state index < -0.39 is 23.8 Å². The van der Waals surface area contributed by atoms with Gasteiger partial charge in [-0.15, -0.1) is 0 Å². The maximum Gasteiger partial charge on any atom is 0.408 e. The molecule has 0 bridgehead atoms. The molecule has 0 aromatic carbocycles. The second-order valence-electron chi connectivity index (χ2n) is 10.9. The Bertz CT molecular complexity index is 641. The first-order valence-corrected chi connectivity index (χ1v) is 12.2. The normalized spacial score (nSPS) is 19.8. The van der Waals surface area contributed by atoms with Crippen LogP contribution in [-0.2, 0) is 19.1 Å². The van der Waals surface area contributed by atoms with Crippen LogP contribution in [0.5, 0.6) is 0 Å². The van der Waals surface area contributed by atoms with Crippen molar-refractivity contribution in [1.29, 1.82) is 0 Å². The van der Waals surface area contributed by atoms with Crippen molar-refractivity contribution in [1.82, 2.24) is 10.2 Å². The number of hydrogen-bond donors (Lipinski definition) is 1. The first-order valence-electron chi connectivity index (χ1n) is 12.2. The van der Waals surface area contributed by atoms with Crippen molar-refractivity contribution in [2.45, 2.75) is 125 Å². The van der Waals surface area contributed by atoms with Crippen LogP contribution in [0.4, 0.5) is 4.79 Å². The predicted octanol–water partition coefficient (Wildman–Crippen LogP) is 5.06. The molecule has 1 heterocycles. The molecule has 0 spiro atoms. The molecule has 0 radical (unpaired) electrons. The Hall–Kier alpha value is -1.79. The molecule has 0 aromatic heterocycles. The van der Waals surface area contributed by atoms with Crippen LogP contribution in [-0.4, -0.2) is 53.2 Å². The molecule has 4 atom stereocenters. The van der Waals surface area contributed by atoms with E-state index in [1.54, 1.807) is 27.7 Å². The highest BCUT2D eigenvalue weighted by molar-refractivity contribution is 5.90. The summed E-state index contributed by atoms with van der Waals surface area (Å²) in [4.78, 5) is 39.4. The first-order chi connectivity index (χ1) is 14.7.